The van der Waals surface area contributed by atoms with Crippen LogP contribution < -0.4 is 5.32 Å². The topological polar surface area (TPSA) is 95.9 Å². The summed E-state index contributed by atoms with van der Waals surface area (Å²) < 4.78 is 5.48. The van der Waals surface area contributed by atoms with Crippen LogP contribution in [0.1, 0.15) is 42.7 Å². The molecule has 1 unspecified atom stereocenters. The molecule has 7 nitrogen and oxygen atoms in total. The third-order valence-electron chi connectivity index (χ3n) is 6.29. The van der Waals surface area contributed by atoms with Gasteiger partial charge in [0.2, 0.25) is 5.91 Å². The molecular formula is C26H28N2O5. The molecule has 1 aliphatic heterocycles. The van der Waals surface area contributed by atoms with E-state index in [2.05, 4.69) is 29.6 Å². The van der Waals surface area contributed by atoms with Gasteiger partial charge in [0, 0.05) is 31.1 Å². The molecule has 4 rings (SSSR count). The van der Waals surface area contributed by atoms with E-state index in [1.807, 2.05) is 24.3 Å². The number of carbonyl (C=O) groups excluding carboxylic acids is 2. The first-order valence-electron chi connectivity index (χ1n) is 11.3. The number of carboxylic acids is 1. The monoisotopic (exact) mass is 448 g/mol. The number of hydrogen-bond donors (Lipinski definition) is 2. The Morgan fingerprint density at radius 1 is 1.03 bits per heavy atom. The second-order valence-corrected chi connectivity index (χ2v) is 8.39. The maximum atomic E-state index is 12.5. The molecule has 2 N–H and O–H groups in total. The smallest absolute Gasteiger partial charge is 0.407 e. The Balaban J connectivity index is 1.27. The second-order valence-electron chi connectivity index (χ2n) is 8.39. The van der Waals surface area contributed by atoms with Gasteiger partial charge in [0.15, 0.2) is 0 Å². The third kappa shape index (κ3) is 5.25. The molecule has 172 valence electrons. The van der Waals surface area contributed by atoms with Crippen molar-refractivity contribution >= 4 is 18.0 Å². The minimum Gasteiger partial charge on any atom is -0.481 e. The molecule has 0 saturated carbocycles. The number of nitrogens with zero attached hydrogens (tertiary/aromatic N) is 1. The predicted octanol–water partition coefficient (Wildman–Crippen LogP) is 3.94. The Labute approximate surface area is 193 Å². The lowest BCUT2D eigenvalue weighted by Gasteiger charge is -2.34. The van der Waals surface area contributed by atoms with Gasteiger partial charge in [-0.2, -0.15) is 0 Å². The molecule has 2 aromatic rings. The van der Waals surface area contributed by atoms with Crippen LogP contribution in [0.5, 0.6) is 0 Å². The fourth-order valence-electron chi connectivity index (χ4n) is 4.75. The summed E-state index contributed by atoms with van der Waals surface area (Å²) >= 11 is 0. The largest absolute Gasteiger partial charge is 0.481 e. The van der Waals surface area contributed by atoms with E-state index in [-0.39, 0.29) is 37.4 Å². The maximum absolute atomic E-state index is 12.5. The normalized spacial score (nSPS) is 17.5. The SMILES string of the molecule is O=C(O)CC1CCCCN1C(=O)/C=C/CNC(=O)OCC1c2ccccc2-c2ccccc21. The Bertz CT molecular complexity index is 1020. The van der Waals surface area contributed by atoms with Gasteiger partial charge in [-0.3, -0.25) is 9.59 Å². The number of hydrogen-bond acceptors (Lipinski definition) is 4. The van der Waals surface area contributed by atoms with Gasteiger partial charge >= 0.3 is 12.1 Å². The number of carbonyl (C=O) groups is 3. The summed E-state index contributed by atoms with van der Waals surface area (Å²) in [6.07, 6.45) is 4.86. The molecule has 2 amide bonds. The van der Waals surface area contributed by atoms with Gasteiger partial charge < -0.3 is 20.1 Å². The Morgan fingerprint density at radius 2 is 1.70 bits per heavy atom. The molecule has 1 fully saturated rings. The molecule has 2 aromatic carbocycles. The average Bonchev–Trinajstić information content (AvgIpc) is 3.14. The lowest BCUT2D eigenvalue weighted by Crippen LogP contribution is -2.44. The number of piperidine rings is 1. The minimum atomic E-state index is -0.902. The average molecular weight is 449 g/mol. The van der Waals surface area contributed by atoms with Gasteiger partial charge in [0.25, 0.3) is 0 Å². The van der Waals surface area contributed by atoms with Crippen LogP contribution in [0.4, 0.5) is 4.79 Å². The molecule has 2 aliphatic rings. The van der Waals surface area contributed by atoms with E-state index in [9.17, 15) is 14.4 Å². The quantitative estimate of drug-likeness (QED) is 0.626. The number of fused-ring (bicyclic) bond motifs is 3. The fourth-order valence-corrected chi connectivity index (χ4v) is 4.75. The van der Waals surface area contributed by atoms with Crippen molar-refractivity contribution in [3.8, 4) is 11.1 Å². The molecule has 0 radical (unpaired) electrons. The second kappa shape index (κ2) is 10.3. The highest BCUT2D eigenvalue weighted by Gasteiger charge is 2.29. The molecule has 1 atom stereocenters. The molecule has 7 heteroatoms. The summed E-state index contributed by atoms with van der Waals surface area (Å²) in [5.41, 5.74) is 4.63. The van der Waals surface area contributed by atoms with Crippen LogP contribution in [0, 0.1) is 0 Å². The Morgan fingerprint density at radius 3 is 2.36 bits per heavy atom. The van der Waals surface area contributed by atoms with Crippen LogP contribution >= 0.6 is 0 Å². The first kappa shape index (κ1) is 22.6. The van der Waals surface area contributed by atoms with Crippen molar-refractivity contribution in [3.05, 3.63) is 71.8 Å². The van der Waals surface area contributed by atoms with Gasteiger partial charge in [-0.15, -0.1) is 0 Å². The number of alkyl carbamates (subject to hydrolysis) is 1. The first-order valence-corrected chi connectivity index (χ1v) is 11.3. The van der Waals surface area contributed by atoms with Crippen molar-refractivity contribution in [2.75, 3.05) is 19.7 Å². The number of likely N-dealkylation sites (tertiary alicyclic amines) is 1. The van der Waals surface area contributed by atoms with Crippen molar-refractivity contribution in [2.45, 2.75) is 37.6 Å². The minimum absolute atomic E-state index is 0.00876. The highest BCUT2D eigenvalue weighted by atomic mass is 16.5. The van der Waals surface area contributed by atoms with Gasteiger partial charge in [-0.25, -0.2) is 4.79 Å². The van der Waals surface area contributed by atoms with E-state index in [1.165, 1.54) is 17.2 Å². The molecule has 0 bridgehead atoms. The number of rotatable bonds is 7. The first-order chi connectivity index (χ1) is 16.0. The van der Waals surface area contributed by atoms with Gasteiger partial charge in [0.1, 0.15) is 6.61 Å². The lowest BCUT2D eigenvalue weighted by molar-refractivity contribution is -0.140. The maximum Gasteiger partial charge on any atom is 0.407 e. The molecule has 0 spiro atoms. The number of amides is 2. The summed E-state index contributed by atoms with van der Waals surface area (Å²) in [4.78, 5) is 37.3. The summed E-state index contributed by atoms with van der Waals surface area (Å²) in [6, 6.07) is 16.0. The van der Waals surface area contributed by atoms with E-state index in [0.717, 1.165) is 24.0 Å². The van der Waals surface area contributed by atoms with Crippen molar-refractivity contribution < 1.29 is 24.2 Å². The van der Waals surface area contributed by atoms with E-state index >= 15 is 0 Å². The third-order valence-corrected chi connectivity index (χ3v) is 6.29. The van der Waals surface area contributed by atoms with Crippen LogP contribution in [0.2, 0.25) is 0 Å². The molecule has 1 aliphatic carbocycles. The predicted molar refractivity (Wildman–Crippen MR) is 124 cm³/mol. The van der Waals surface area contributed by atoms with Crippen LogP contribution in [0.15, 0.2) is 60.7 Å². The van der Waals surface area contributed by atoms with Crippen LogP contribution in [0.3, 0.4) is 0 Å². The van der Waals surface area contributed by atoms with E-state index in [4.69, 9.17) is 9.84 Å². The fraction of sp³-hybridized carbons (Fsp3) is 0.346. The molecule has 1 heterocycles. The lowest BCUT2D eigenvalue weighted by atomic mass is 9.98. The van der Waals surface area contributed by atoms with Crippen LogP contribution in [0.25, 0.3) is 11.1 Å². The zero-order chi connectivity index (χ0) is 23.2. The number of nitrogens with one attached hydrogen (secondary N) is 1. The molecule has 33 heavy (non-hydrogen) atoms. The van der Waals surface area contributed by atoms with E-state index in [1.54, 1.807) is 11.0 Å². The van der Waals surface area contributed by atoms with Crippen molar-refractivity contribution in [2.24, 2.45) is 0 Å². The van der Waals surface area contributed by atoms with E-state index < -0.39 is 12.1 Å². The summed E-state index contributed by atoms with van der Waals surface area (Å²) in [5.74, 6) is -1.14. The van der Waals surface area contributed by atoms with Gasteiger partial charge in [0.05, 0.1) is 6.42 Å². The van der Waals surface area contributed by atoms with E-state index in [0.29, 0.717) is 13.0 Å². The summed E-state index contributed by atoms with van der Waals surface area (Å²) in [5, 5.41) is 11.7. The molecule has 1 saturated heterocycles. The number of carboxylic acid groups (broad SMARTS) is 1. The number of aliphatic carboxylic acids is 1. The molecule has 0 aromatic heterocycles. The highest BCUT2D eigenvalue weighted by molar-refractivity contribution is 5.88. The Kier molecular flexibility index (Phi) is 7.07. The zero-order valence-electron chi connectivity index (χ0n) is 18.4. The summed E-state index contributed by atoms with van der Waals surface area (Å²) in [6.45, 7) is 0.938. The highest BCUT2D eigenvalue weighted by Crippen LogP contribution is 2.44. The zero-order valence-corrected chi connectivity index (χ0v) is 18.4. The number of benzene rings is 2. The van der Waals surface area contributed by atoms with Crippen molar-refractivity contribution in [1.29, 1.82) is 0 Å². The standard InChI is InChI=1S/C26H28N2O5/c29-24(28-15-6-5-8-18(28)16-25(30)31)13-7-14-27-26(32)33-17-23-21-11-3-1-9-19(21)20-10-2-4-12-22(20)23/h1-4,7,9-13,18,23H,5-6,8,14-17H2,(H,27,32)(H,30,31)/b13-7+. The van der Waals surface area contributed by atoms with Gasteiger partial charge in [-0.1, -0.05) is 54.6 Å². The van der Waals surface area contributed by atoms with Crippen LogP contribution in [-0.2, 0) is 14.3 Å². The van der Waals surface area contributed by atoms with Gasteiger partial charge in [-0.05, 0) is 41.5 Å². The van der Waals surface area contributed by atoms with Crippen molar-refractivity contribution in [3.63, 3.8) is 0 Å². The Hall–Kier alpha value is -3.61. The van der Waals surface area contributed by atoms with Crippen LogP contribution in [-0.4, -0.2) is 53.7 Å². The summed E-state index contributed by atoms with van der Waals surface area (Å²) in [7, 11) is 0. The van der Waals surface area contributed by atoms with Crippen molar-refractivity contribution in [1.82, 2.24) is 10.2 Å². The molecular weight excluding hydrogens is 420 g/mol. The number of ether oxygens (including phenoxy) is 1.